The summed E-state index contributed by atoms with van der Waals surface area (Å²) in [6.45, 7) is 5.14. The Hall–Kier alpha value is -0.330. The summed E-state index contributed by atoms with van der Waals surface area (Å²) >= 11 is 0. The Labute approximate surface area is 123 Å². The van der Waals surface area contributed by atoms with E-state index < -0.39 is 0 Å². The molecule has 112 valence electrons. The van der Waals surface area contributed by atoms with Crippen LogP contribution in [0.1, 0.15) is 78.1 Å². The first-order chi connectivity index (χ1) is 9.53. The zero-order valence-electron chi connectivity index (χ0n) is 13.3. The van der Waals surface area contributed by atoms with Gasteiger partial charge < -0.3 is 0 Å². The number of hydrogen-bond acceptors (Lipinski definition) is 1. The number of Topliss-reactive ketones (excluding diaryl/α,β-unsaturated/α-hetero) is 1. The van der Waals surface area contributed by atoms with Crippen molar-refractivity contribution in [1.29, 1.82) is 0 Å². The van der Waals surface area contributed by atoms with E-state index in [1.165, 1.54) is 51.4 Å². The summed E-state index contributed by atoms with van der Waals surface area (Å²) in [5.41, 5.74) is 1.18. The molecule has 4 rings (SSSR count). The van der Waals surface area contributed by atoms with Gasteiger partial charge in [-0.15, -0.1) is 0 Å². The molecule has 6 atom stereocenters. The first-order valence-corrected chi connectivity index (χ1v) is 9.05. The third-order valence-corrected chi connectivity index (χ3v) is 8.26. The monoisotopic (exact) mass is 274 g/mol. The van der Waals surface area contributed by atoms with Crippen molar-refractivity contribution >= 4 is 5.78 Å². The second-order valence-electron chi connectivity index (χ2n) is 8.98. The molecule has 20 heavy (non-hydrogen) atoms. The molecule has 0 radical (unpaired) electrons. The number of fused-ring (bicyclic) bond motifs is 5. The van der Waals surface area contributed by atoms with Crippen molar-refractivity contribution < 1.29 is 4.79 Å². The van der Waals surface area contributed by atoms with Crippen molar-refractivity contribution in [3.05, 3.63) is 0 Å². The molecule has 0 aliphatic heterocycles. The van der Waals surface area contributed by atoms with Crippen LogP contribution >= 0.6 is 0 Å². The molecule has 4 saturated carbocycles. The highest BCUT2D eigenvalue weighted by molar-refractivity contribution is 5.79. The van der Waals surface area contributed by atoms with Crippen LogP contribution in [0.25, 0.3) is 0 Å². The van der Waals surface area contributed by atoms with Crippen LogP contribution < -0.4 is 0 Å². The second kappa shape index (κ2) is 4.34. The van der Waals surface area contributed by atoms with Crippen LogP contribution in [0.5, 0.6) is 0 Å². The molecule has 0 aromatic heterocycles. The van der Waals surface area contributed by atoms with Gasteiger partial charge in [0.2, 0.25) is 0 Å². The zero-order valence-corrected chi connectivity index (χ0v) is 13.3. The summed E-state index contributed by atoms with van der Waals surface area (Å²) in [5.74, 6) is 4.20. The highest BCUT2D eigenvalue weighted by Crippen LogP contribution is 2.65. The molecule has 1 nitrogen and oxygen atoms in total. The maximum Gasteiger partial charge on any atom is 0.133 e. The predicted octanol–water partition coefficient (Wildman–Crippen LogP) is 4.99. The molecule has 1 heteroatoms. The van der Waals surface area contributed by atoms with Crippen molar-refractivity contribution in [3.8, 4) is 0 Å². The minimum absolute atomic E-state index is 0.501. The van der Waals surface area contributed by atoms with E-state index in [0.29, 0.717) is 16.6 Å². The molecular weight excluding hydrogens is 244 g/mol. The molecule has 0 aromatic carbocycles. The molecule has 4 aliphatic carbocycles. The van der Waals surface area contributed by atoms with E-state index in [9.17, 15) is 4.79 Å². The molecule has 0 aromatic rings. The number of hydrogen-bond donors (Lipinski definition) is 0. The van der Waals surface area contributed by atoms with Crippen LogP contribution in [-0.4, -0.2) is 5.78 Å². The minimum Gasteiger partial charge on any atom is -0.300 e. The van der Waals surface area contributed by atoms with Gasteiger partial charge in [-0.25, -0.2) is 0 Å². The molecule has 0 N–H and O–H groups in total. The number of ketones is 1. The van der Waals surface area contributed by atoms with Crippen molar-refractivity contribution in [2.24, 2.45) is 34.5 Å². The van der Waals surface area contributed by atoms with E-state index in [-0.39, 0.29) is 0 Å². The van der Waals surface area contributed by atoms with Crippen molar-refractivity contribution in [3.63, 3.8) is 0 Å². The van der Waals surface area contributed by atoms with Crippen molar-refractivity contribution in [2.75, 3.05) is 0 Å². The molecule has 0 unspecified atom stereocenters. The predicted molar refractivity (Wildman–Crippen MR) is 81.4 cm³/mol. The highest BCUT2D eigenvalue weighted by atomic mass is 16.1. The third kappa shape index (κ3) is 1.70. The normalized spacial score (nSPS) is 55.0. The standard InChI is InChI=1S/C19H30O/c1-18-9-3-4-16(18)15-6-5-13-12-14(20)7-11-19(13,2)17(15)8-10-18/h13,15-17H,3-12H2,1-2H3/t13-,15+,16+,17-,18+,19+/m1/s1. The Bertz CT molecular complexity index is 427. The summed E-state index contributed by atoms with van der Waals surface area (Å²) < 4.78 is 0. The fourth-order valence-electron chi connectivity index (χ4n) is 7.04. The molecule has 0 amide bonds. The molecule has 4 aliphatic rings. The van der Waals surface area contributed by atoms with E-state index in [0.717, 1.165) is 36.5 Å². The molecular formula is C19H30O. The number of carbonyl (C=O) groups is 1. The van der Waals surface area contributed by atoms with Gasteiger partial charge in [-0.1, -0.05) is 20.3 Å². The Balaban J connectivity index is 1.64. The van der Waals surface area contributed by atoms with Gasteiger partial charge in [0, 0.05) is 12.8 Å². The molecule has 0 spiro atoms. The largest absolute Gasteiger partial charge is 0.300 e. The lowest BCUT2D eigenvalue weighted by Crippen LogP contribution is -2.52. The molecule has 0 saturated heterocycles. The maximum absolute atomic E-state index is 11.9. The van der Waals surface area contributed by atoms with Gasteiger partial charge in [0.05, 0.1) is 0 Å². The van der Waals surface area contributed by atoms with E-state index in [1.54, 1.807) is 0 Å². The molecule has 0 bridgehead atoms. The van der Waals surface area contributed by atoms with Gasteiger partial charge in [-0.2, -0.15) is 0 Å². The van der Waals surface area contributed by atoms with Gasteiger partial charge in [0.25, 0.3) is 0 Å². The average Bonchev–Trinajstić information content (AvgIpc) is 2.81. The second-order valence-corrected chi connectivity index (χ2v) is 8.98. The third-order valence-electron chi connectivity index (χ3n) is 8.26. The van der Waals surface area contributed by atoms with Crippen molar-refractivity contribution in [1.82, 2.24) is 0 Å². The summed E-state index contributed by atoms with van der Waals surface area (Å²) in [6, 6.07) is 0. The molecule has 0 heterocycles. The van der Waals surface area contributed by atoms with E-state index >= 15 is 0 Å². The minimum atomic E-state index is 0.501. The first-order valence-electron chi connectivity index (χ1n) is 9.05. The summed E-state index contributed by atoms with van der Waals surface area (Å²) in [7, 11) is 0. The number of carbonyl (C=O) groups excluding carboxylic acids is 1. The highest BCUT2D eigenvalue weighted by Gasteiger charge is 2.57. The number of rotatable bonds is 0. The summed E-state index contributed by atoms with van der Waals surface area (Å²) in [5, 5.41) is 0. The van der Waals surface area contributed by atoms with E-state index in [2.05, 4.69) is 13.8 Å². The fraction of sp³-hybridized carbons (Fsp3) is 0.947. The SMILES string of the molecule is C[C@@]12CCC[C@H]1[C@@H]1CC[C@@H]3CC(=O)CC[C@]3(C)[C@@H]1CC2. The topological polar surface area (TPSA) is 17.1 Å². The molecule has 4 fully saturated rings. The van der Waals surface area contributed by atoms with Gasteiger partial charge >= 0.3 is 0 Å². The average molecular weight is 274 g/mol. The van der Waals surface area contributed by atoms with Crippen molar-refractivity contribution in [2.45, 2.75) is 78.1 Å². The Morgan fingerprint density at radius 1 is 0.950 bits per heavy atom. The lowest BCUT2D eigenvalue weighted by molar-refractivity contribution is -0.137. The van der Waals surface area contributed by atoms with Crippen LogP contribution in [0.3, 0.4) is 0 Å². The zero-order chi connectivity index (χ0) is 14.0. The van der Waals surface area contributed by atoms with Gasteiger partial charge in [0.15, 0.2) is 0 Å². The van der Waals surface area contributed by atoms with Crippen LogP contribution in [-0.2, 0) is 4.79 Å². The lowest BCUT2D eigenvalue weighted by Gasteiger charge is -2.59. The van der Waals surface area contributed by atoms with Crippen LogP contribution in [0.4, 0.5) is 0 Å². The smallest absolute Gasteiger partial charge is 0.133 e. The maximum atomic E-state index is 11.9. The van der Waals surface area contributed by atoms with Crippen LogP contribution in [0.2, 0.25) is 0 Å². The fourth-order valence-corrected chi connectivity index (χ4v) is 7.04. The summed E-state index contributed by atoms with van der Waals surface area (Å²) in [4.78, 5) is 11.9. The Morgan fingerprint density at radius 2 is 1.80 bits per heavy atom. The van der Waals surface area contributed by atoms with E-state index in [1.807, 2.05) is 0 Å². The van der Waals surface area contributed by atoms with Gasteiger partial charge in [-0.3, -0.25) is 4.79 Å². The van der Waals surface area contributed by atoms with Gasteiger partial charge in [0.1, 0.15) is 5.78 Å². The first kappa shape index (κ1) is 13.3. The van der Waals surface area contributed by atoms with Gasteiger partial charge in [-0.05, 0) is 79.4 Å². The summed E-state index contributed by atoms with van der Waals surface area (Å²) in [6.07, 6.45) is 13.1. The van der Waals surface area contributed by atoms with Crippen LogP contribution in [0, 0.1) is 34.5 Å². The Kier molecular flexibility index (Phi) is 2.89. The Morgan fingerprint density at radius 3 is 2.65 bits per heavy atom. The quantitative estimate of drug-likeness (QED) is 0.608. The van der Waals surface area contributed by atoms with E-state index in [4.69, 9.17) is 0 Å². The lowest BCUT2D eigenvalue weighted by atomic mass is 9.45. The van der Waals surface area contributed by atoms with Crippen LogP contribution in [0.15, 0.2) is 0 Å².